The van der Waals surface area contributed by atoms with E-state index in [4.69, 9.17) is 5.11 Å². The van der Waals surface area contributed by atoms with Crippen LogP contribution >= 0.6 is 0 Å². The van der Waals surface area contributed by atoms with Crippen LogP contribution in [0, 0.1) is 0 Å². The van der Waals surface area contributed by atoms with Crippen molar-refractivity contribution in [3.8, 4) is 0 Å². The van der Waals surface area contributed by atoms with Gasteiger partial charge in [0, 0.05) is 0 Å². The standard InChI is InChI=1S/C12H16O6S.Na/c1-18-12(14)10-7-5-9(6-8-10)3-2-4-11(13)19(15,16)17;/h5-8,11,13H,2-4H2,1H3,(H,15,16,17);/q;+1/p-1. The van der Waals surface area contributed by atoms with Gasteiger partial charge in [-0.2, -0.15) is 0 Å². The normalized spacial score (nSPS) is 12.3. The Morgan fingerprint density at radius 3 is 2.35 bits per heavy atom. The summed E-state index contributed by atoms with van der Waals surface area (Å²) in [6, 6.07) is 6.62. The van der Waals surface area contributed by atoms with Crippen molar-refractivity contribution in [1.29, 1.82) is 0 Å². The smallest absolute Gasteiger partial charge is 0.746 e. The molecule has 1 rings (SSSR count). The third kappa shape index (κ3) is 6.34. The number of methoxy groups -OCH3 is 1. The Morgan fingerprint density at radius 2 is 1.90 bits per heavy atom. The predicted molar refractivity (Wildman–Crippen MR) is 66.4 cm³/mol. The zero-order valence-electron chi connectivity index (χ0n) is 11.4. The first-order chi connectivity index (χ1) is 8.84. The second kappa shape index (κ2) is 8.76. The van der Waals surface area contributed by atoms with Crippen molar-refractivity contribution >= 4 is 16.1 Å². The number of rotatable bonds is 6. The van der Waals surface area contributed by atoms with Gasteiger partial charge in [0.2, 0.25) is 0 Å². The quantitative estimate of drug-likeness (QED) is 0.359. The van der Waals surface area contributed by atoms with Crippen LogP contribution in [-0.2, 0) is 21.3 Å². The van der Waals surface area contributed by atoms with Gasteiger partial charge < -0.3 is 14.4 Å². The summed E-state index contributed by atoms with van der Waals surface area (Å²) >= 11 is 0. The Bertz CT molecular complexity index is 525. The molecule has 0 saturated heterocycles. The third-order valence-corrected chi connectivity index (χ3v) is 3.53. The second-order valence-corrected chi connectivity index (χ2v) is 5.56. The number of aryl methyl sites for hydroxylation is 1. The number of aliphatic hydroxyl groups is 1. The van der Waals surface area contributed by atoms with Crippen molar-refractivity contribution < 1.29 is 57.2 Å². The van der Waals surface area contributed by atoms with E-state index in [2.05, 4.69) is 4.74 Å². The van der Waals surface area contributed by atoms with Gasteiger partial charge in [0.25, 0.3) is 0 Å². The maximum Gasteiger partial charge on any atom is 1.00 e. The van der Waals surface area contributed by atoms with Gasteiger partial charge >= 0.3 is 35.5 Å². The molecule has 0 fully saturated rings. The molecule has 0 amide bonds. The zero-order chi connectivity index (χ0) is 14.5. The minimum Gasteiger partial charge on any atom is -0.746 e. The summed E-state index contributed by atoms with van der Waals surface area (Å²) in [5.74, 6) is -0.431. The van der Waals surface area contributed by atoms with Crippen molar-refractivity contribution in [2.75, 3.05) is 7.11 Å². The number of hydrogen-bond acceptors (Lipinski definition) is 6. The summed E-state index contributed by atoms with van der Waals surface area (Å²) in [6.07, 6.45) is 0.763. The van der Waals surface area contributed by atoms with E-state index >= 15 is 0 Å². The van der Waals surface area contributed by atoms with Crippen LogP contribution in [0.5, 0.6) is 0 Å². The molecular formula is C12H15NaO6S. The Hall–Kier alpha value is -0.440. The minimum absolute atomic E-state index is 0. The van der Waals surface area contributed by atoms with Gasteiger partial charge in [-0.05, 0) is 37.0 Å². The molecule has 8 heteroatoms. The topological polar surface area (TPSA) is 104 Å². The SMILES string of the molecule is COC(=O)c1ccc(CCCC(O)S(=O)(=O)[O-])cc1.[Na+]. The fourth-order valence-electron chi connectivity index (χ4n) is 1.55. The van der Waals surface area contributed by atoms with Crippen molar-refractivity contribution in [3.63, 3.8) is 0 Å². The summed E-state index contributed by atoms with van der Waals surface area (Å²) in [5, 5.41) is 9.05. The number of hydrogen-bond donors (Lipinski definition) is 1. The van der Waals surface area contributed by atoms with E-state index in [9.17, 15) is 17.8 Å². The first-order valence-corrected chi connectivity index (χ1v) is 7.11. The Balaban J connectivity index is 0.00000361. The molecule has 0 aliphatic rings. The zero-order valence-corrected chi connectivity index (χ0v) is 14.2. The predicted octanol–water partition coefficient (Wildman–Crippen LogP) is -2.34. The summed E-state index contributed by atoms with van der Waals surface area (Å²) in [7, 11) is -3.34. The number of benzene rings is 1. The summed E-state index contributed by atoms with van der Waals surface area (Å²) < 4.78 is 36.0. The van der Waals surface area contributed by atoms with E-state index in [1.807, 2.05) is 0 Å². The maximum atomic E-state index is 11.2. The largest absolute Gasteiger partial charge is 1.00 e. The van der Waals surface area contributed by atoms with E-state index in [1.165, 1.54) is 7.11 Å². The van der Waals surface area contributed by atoms with Crippen LogP contribution in [0.3, 0.4) is 0 Å². The molecule has 106 valence electrons. The molecule has 0 heterocycles. The molecule has 1 aromatic rings. The monoisotopic (exact) mass is 310 g/mol. The van der Waals surface area contributed by atoms with Gasteiger partial charge in [0.05, 0.1) is 12.7 Å². The van der Waals surface area contributed by atoms with Crippen LogP contribution < -0.4 is 29.6 Å². The van der Waals surface area contributed by atoms with E-state index in [0.29, 0.717) is 18.4 Å². The van der Waals surface area contributed by atoms with Gasteiger partial charge in [-0.15, -0.1) is 0 Å². The van der Waals surface area contributed by atoms with E-state index < -0.39 is 21.5 Å². The van der Waals surface area contributed by atoms with Crippen molar-refractivity contribution in [2.45, 2.75) is 24.7 Å². The number of ether oxygens (including phenoxy) is 1. The average molecular weight is 310 g/mol. The van der Waals surface area contributed by atoms with Crippen LogP contribution in [0.4, 0.5) is 0 Å². The molecule has 1 N–H and O–H groups in total. The number of esters is 1. The van der Waals surface area contributed by atoms with Crippen LogP contribution in [0.15, 0.2) is 24.3 Å². The molecule has 1 unspecified atom stereocenters. The van der Waals surface area contributed by atoms with Crippen LogP contribution in [-0.4, -0.2) is 36.6 Å². The average Bonchev–Trinajstić information content (AvgIpc) is 2.37. The molecular weight excluding hydrogens is 295 g/mol. The summed E-state index contributed by atoms with van der Waals surface area (Å²) in [5.41, 5.74) is -0.557. The maximum absolute atomic E-state index is 11.2. The molecule has 1 atom stereocenters. The summed E-state index contributed by atoms with van der Waals surface area (Å²) in [4.78, 5) is 11.2. The van der Waals surface area contributed by atoms with Crippen LogP contribution in [0.2, 0.25) is 0 Å². The molecule has 1 aromatic carbocycles. The number of aliphatic hydroxyl groups excluding tert-OH is 1. The van der Waals surface area contributed by atoms with E-state index in [0.717, 1.165) is 5.56 Å². The van der Waals surface area contributed by atoms with Gasteiger partial charge in [-0.25, -0.2) is 13.2 Å². The molecule has 0 radical (unpaired) electrons. The first kappa shape index (κ1) is 19.6. The Kier molecular flexibility index (Phi) is 8.57. The Morgan fingerprint density at radius 1 is 1.35 bits per heavy atom. The fraction of sp³-hybridized carbons (Fsp3) is 0.417. The second-order valence-electron chi connectivity index (χ2n) is 4.03. The first-order valence-electron chi connectivity index (χ1n) is 5.64. The van der Waals surface area contributed by atoms with E-state index in [1.54, 1.807) is 24.3 Å². The molecule has 0 aliphatic heterocycles. The molecule has 20 heavy (non-hydrogen) atoms. The van der Waals surface area contributed by atoms with Gasteiger partial charge in [0.15, 0.2) is 0 Å². The Labute approximate surface area is 140 Å². The molecule has 6 nitrogen and oxygen atoms in total. The van der Waals surface area contributed by atoms with Crippen LogP contribution in [0.25, 0.3) is 0 Å². The van der Waals surface area contributed by atoms with Crippen molar-refractivity contribution in [2.24, 2.45) is 0 Å². The van der Waals surface area contributed by atoms with Gasteiger partial charge in [0.1, 0.15) is 15.6 Å². The van der Waals surface area contributed by atoms with E-state index in [-0.39, 0.29) is 36.0 Å². The molecule has 0 aliphatic carbocycles. The molecule has 0 bridgehead atoms. The molecule has 0 spiro atoms. The van der Waals surface area contributed by atoms with Gasteiger partial charge in [-0.3, -0.25) is 0 Å². The van der Waals surface area contributed by atoms with Crippen molar-refractivity contribution in [3.05, 3.63) is 35.4 Å². The van der Waals surface area contributed by atoms with Crippen LogP contribution in [0.1, 0.15) is 28.8 Å². The summed E-state index contributed by atoms with van der Waals surface area (Å²) in [6.45, 7) is 0. The van der Waals surface area contributed by atoms with Gasteiger partial charge in [-0.1, -0.05) is 12.1 Å². The van der Waals surface area contributed by atoms with Crippen molar-refractivity contribution in [1.82, 2.24) is 0 Å². The number of carbonyl (C=O) groups is 1. The third-order valence-electron chi connectivity index (χ3n) is 2.62. The fourth-order valence-corrected chi connectivity index (χ4v) is 2.01. The minimum atomic E-state index is -4.63. The molecule has 0 saturated carbocycles. The number of carbonyl (C=O) groups excluding carboxylic acids is 1. The molecule has 0 aromatic heterocycles.